The SMILES string of the molecule is CS(=O)(=O)CCC1CNCC[N]1. The van der Waals surface area contributed by atoms with Crippen LogP contribution in [-0.4, -0.2) is 46.1 Å². The van der Waals surface area contributed by atoms with Gasteiger partial charge in [-0.3, -0.25) is 0 Å². The Bertz CT molecular complexity index is 220. The van der Waals surface area contributed by atoms with E-state index in [4.69, 9.17) is 0 Å². The lowest BCUT2D eigenvalue weighted by Crippen LogP contribution is -2.44. The molecule has 0 aromatic heterocycles. The summed E-state index contributed by atoms with van der Waals surface area (Å²) in [5.74, 6) is 0.253. The molecule has 1 radical (unpaired) electrons. The highest BCUT2D eigenvalue weighted by molar-refractivity contribution is 7.90. The third-order valence-corrected chi connectivity index (χ3v) is 2.85. The Morgan fingerprint density at radius 1 is 1.58 bits per heavy atom. The molecule has 0 aromatic rings. The molecule has 71 valence electrons. The molecular formula is C7H15N2O2S. The number of sulfone groups is 1. The molecule has 1 atom stereocenters. The molecule has 1 fully saturated rings. The van der Waals surface area contributed by atoms with Crippen molar-refractivity contribution >= 4 is 9.84 Å². The summed E-state index contributed by atoms with van der Waals surface area (Å²) >= 11 is 0. The molecule has 0 saturated carbocycles. The van der Waals surface area contributed by atoms with E-state index in [0.717, 1.165) is 19.6 Å². The van der Waals surface area contributed by atoms with Crippen LogP contribution in [0.15, 0.2) is 0 Å². The van der Waals surface area contributed by atoms with Crippen LogP contribution in [0.2, 0.25) is 0 Å². The van der Waals surface area contributed by atoms with E-state index in [1.54, 1.807) is 0 Å². The molecule has 0 spiro atoms. The van der Waals surface area contributed by atoms with Gasteiger partial charge in [0.15, 0.2) is 0 Å². The summed E-state index contributed by atoms with van der Waals surface area (Å²) in [7, 11) is -2.81. The van der Waals surface area contributed by atoms with Crippen molar-refractivity contribution in [3.8, 4) is 0 Å². The molecule has 1 aliphatic heterocycles. The van der Waals surface area contributed by atoms with E-state index >= 15 is 0 Å². The Labute approximate surface area is 73.6 Å². The molecule has 12 heavy (non-hydrogen) atoms. The lowest BCUT2D eigenvalue weighted by molar-refractivity contribution is 0.402. The first-order valence-corrected chi connectivity index (χ1v) is 6.19. The average Bonchev–Trinajstić information content (AvgIpc) is 2.02. The second kappa shape index (κ2) is 4.20. The van der Waals surface area contributed by atoms with Gasteiger partial charge in [0, 0.05) is 31.9 Å². The van der Waals surface area contributed by atoms with E-state index in [0.29, 0.717) is 6.42 Å². The summed E-state index contributed by atoms with van der Waals surface area (Å²) in [5, 5.41) is 7.49. The van der Waals surface area contributed by atoms with Crippen LogP contribution in [0.1, 0.15) is 6.42 Å². The minimum absolute atomic E-state index is 0.202. The smallest absolute Gasteiger partial charge is 0.147 e. The molecule has 1 unspecified atom stereocenters. The van der Waals surface area contributed by atoms with Gasteiger partial charge in [-0.15, -0.1) is 0 Å². The van der Waals surface area contributed by atoms with E-state index in [2.05, 4.69) is 10.6 Å². The van der Waals surface area contributed by atoms with E-state index < -0.39 is 9.84 Å². The van der Waals surface area contributed by atoms with Gasteiger partial charge in [0.2, 0.25) is 0 Å². The van der Waals surface area contributed by atoms with Crippen molar-refractivity contribution in [3.05, 3.63) is 0 Å². The summed E-state index contributed by atoms with van der Waals surface area (Å²) < 4.78 is 21.6. The van der Waals surface area contributed by atoms with Gasteiger partial charge in [0.05, 0.1) is 5.75 Å². The minimum atomic E-state index is -2.81. The number of piperazine rings is 1. The quantitative estimate of drug-likeness (QED) is 0.622. The molecule has 0 aliphatic carbocycles. The highest BCUT2D eigenvalue weighted by Crippen LogP contribution is 1.98. The van der Waals surface area contributed by atoms with Gasteiger partial charge in [-0.25, -0.2) is 13.7 Å². The third-order valence-electron chi connectivity index (χ3n) is 1.88. The molecular weight excluding hydrogens is 176 g/mol. The van der Waals surface area contributed by atoms with Gasteiger partial charge in [-0.2, -0.15) is 0 Å². The monoisotopic (exact) mass is 191 g/mol. The predicted octanol–water partition coefficient (Wildman–Crippen LogP) is -1.00. The van der Waals surface area contributed by atoms with Gasteiger partial charge in [-0.05, 0) is 6.42 Å². The van der Waals surface area contributed by atoms with Crippen LogP contribution in [-0.2, 0) is 9.84 Å². The van der Waals surface area contributed by atoms with Gasteiger partial charge in [-0.1, -0.05) is 0 Å². The molecule has 4 nitrogen and oxygen atoms in total. The molecule has 1 saturated heterocycles. The summed E-state index contributed by atoms with van der Waals surface area (Å²) in [6.07, 6.45) is 1.93. The maximum atomic E-state index is 10.8. The van der Waals surface area contributed by atoms with Crippen LogP contribution in [0.5, 0.6) is 0 Å². The van der Waals surface area contributed by atoms with Gasteiger partial charge in [0.25, 0.3) is 0 Å². The standard InChI is InChI=1S/C7H15N2O2S/c1-12(10,11)5-2-7-6-8-3-4-9-7/h7-8H,2-6H2,1H3. The summed E-state index contributed by atoms with van der Waals surface area (Å²) in [5.41, 5.74) is 0. The van der Waals surface area contributed by atoms with Crippen molar-refractivity contribution in [1.82, 2.24) is 10.6 Å². The zero-order valence-corrected chi connectivity index (χ0v) is 8.10. The van der Waals surface area contributed by atoms with Gasteiger partial charge >= 0.3 is 0 Å². The van der Waals surface area contributed by atoms with Crippen LogP contribution in [0, 0.1) is 0 Å². The number of nitrogens with one attached hydrogen (secondary N) is 1. The predicted molar refractivity (Wildman–Crippen MR) is 48.0 cm³/mol. The van der Waals surface area contributed by atoms with Crippen LogP contribution in [0.25, 0.3) is 0 Å². The zero-order chi connectivity index (χ0) is 9.03. The van der Waals surface area contributed by atoms with Gasteiger partial charge < -0.3 is 5.32 Å². The van der Waals surface area contributed by atoms with Crippen LogP contribution >= 0.6 is 0 Å². The highest BCUT2D eigenvalue weighted by atomic mass is 32.2. The molecule has 1 N–H and O–H groups in total. The maximum absolute atomic E-state index is 10.8. The summed E-state index contributed by atoms with van der Waals surface area (Å²) in [4.78, 5) is 0. The first-order valence-electron chi connectivity index (χ1n) is 4.13. The van der Waals surface area contributed by atoms with Crippen LogP contribution in [0.3, 0.4) is 0 Å². The fourth-order valence-corrected chi connectivity index (χ4v) is 1.90. The molecule has 1 rings (SSSR count). The van der Waals surface area contributed by atoms with Crippen molar-refractivity contribution in [2.45, 2.75) is 12.5 Å². The molecule has 5 heteroatoms. The third kappa shape index (κ3) is 4.04. The second-order valence-electron chi connectivity index (χ2n) is 3.18. The highest BCUT2D eigenvalue weighted by Gasteiger charge is 2.15. The average molecular weight is 191 g/mol. The summed E-state index contributed by atoms with van der Waals surface area (Å²) in [6.45, 7) is 2.57. The Morgan fingerprint density at radius 3 is 2.83 bits per heavy atom. The fraction of sp³-hybridized carbons (Fsp3) is 1.00. The first kappa shape index (κ1) is 9.95. The number of hydrogen-bond acceptors (Lipinski definition) is 3. The molecule has 1 heterocycles. The van der Waals surface area contributed by atoms with E-state index in [9.17, 15) is 8.42 Å². The molecule has 1 aliphatic rings. The second-order valence-corrected chi connectivity index (χ2v) is 5.44. The van der Waals surface area contributed by atoms with E-state index in [-0.39, 0.29) is 11.8 Å². The van der Waals surface area contributed by atoms with Gasteiger partial charge in [0.1, 0.15) is 9.84 Å². The largest absolute Gasteiger partial charge is 0.314 e. The maximum Gasteiger partial charge on any atom is 0.147 e. The van der Waals surface area contributed by atoms with Crippen LogP contribution < -0.4 is 10.6 Å². The minimum Gasteiger partial charge on any atom is -0.314 e. The number of hydrogen-bond donors (Lipinski definition) is 1. The van der Waals surface area contributed by atoms with Crippen molar-refractivity contribution < 1.29 is 8.42 Å². The van der Waals surface area contributed by atoms with Crippen molar-refractivity contribution in [1.29, 1.82) is 0 Å². The molecule has 0 aromatic carbocycles. The molecule has 0 bridgehead atoms. The Morgan fingerprint density at radius 2 is 2.33 bits per heavy atom. The first-order chi connectivity index (χ1) is 5.58. The zero-order valence-electron chi connectivity index (χ0n) is 7.28. The Hall–Kier alpha value is -0.130. The normalized spacial score (nSPS) is 25.6. The van der Waals surface area contributed by atoms with Crippen molar-refractivity contribution in [2.75, 3.05) is 31.6 Å². The van der Waals surface area contributed by atoms with Crippen molar-refractivity contribution in [2.24, 2.45) is 0 Å². The molecule has 0 amide bonds. The summed E-state index contributed by atoms with van der Waals surface area (Å²) in [6, 6.07) is 0.202. The van der Waals surface area contributed by atoms with Crippen molar-refractivity contribution in [3.63, 3.8) is 0 Å². The fourth-order valence-electron chi connectivity index (χ4n) is 1.20. The van der Waals surface area contributed by atoms with E-state index in [1.807, 2.05) is 0 Å². The topological polar surface area (TPSA) is 60.3 Å². The number of rotatable bonds is 3. The Balaban J connectivity index is 2.22. The van der Waals surface area contributed by atoms with E-state index in [1.165, 1.54) is 6.26 Å². The van der Waals surface area contributed by atoms with Crippen LogP contribution in [0.4, 0.5) is 0 Å². The lowest BCUT2D eigenvalue weighted by Gasteiger charge is -2.22. The number of nitrogens with zero attached hydrogens (tertiary/aromatic N) is 1. The lowest BCUT2D eigenvalue weighted by atomic mass is 10.2. The Kier molecular flexibility index (Phi) is 3.49.